The van der Waals surface area contributed by atoms with Gasteiger partial charge in [-0.2, -0.15) is 0 Å². The Kier molecular flexibility index (Phi) is 30.9. The number of rotatable bonds is 31. The van der Waals surface area contributed by atoms with Gasteiger partial charge in [0.1, 0.15) is 6.10 Å². The zero-order valence-electron chi connectivity index (χ0n) is 27.2. The quantitative estimate of drug-likeness (QED) is 0.0487. The van der Waals surface area contributed by atoms with Gasteiger partial charge in [0.15, 0.2) is 0 Å². The van der Waals surface area contributed by atoms with Crippen LogP contribution in [0.4, 0.5) is 0 Å². The fourth-order valence-corrected chi connectivity index (χ4v) is 5.20. The molecule has 0 bridgehead atoms. The molecular formula is C36H69NO4. The van der Waals surface area contributed by atoms with Gasteiger partial charge in [-0.3, -0.25) is 4.79 Å². The SMILES string of the molecule is CCCCCCCCCC=CCCC=CC(O)C(CO)NC(=O)C(O)CCCCCCCCCCCCCCCC. The number of unbranched alkanes of at least 4 members (excludes halogenated alkanes) is 21. The van der Waals surface area contributed by atoms with Gasteiger partial charge < -0.3 is 20.6 Å². The van der Waals surface area contributed by atoms with E-state index >= 15 is 0 Å². The number of carbonyl (C=O) groups excluding carboxylic acids is 1. The highest BCUT2D eigenvalue weighted by atomic mass is 16.3. The van der Waals surface area contributed by atoms with Crippen molar-refractivity contribution < 1.29 is 20.1 Å². The van der Waals surface area contributed by atoms with E-state index < -0.39 is 24.2 Å². The van der Waals surface area contributed by atoms with Gasteiger partial charge in [0, 0.05) is 0 Å². The van der Waals surface area contributed by atoms with Crippen molar-refractivity contribution in [2.24, 2.45) is 0 Å². The second kappa shape index (κ2) is 31.8. The monoisotopic (exact) mass is 580 g/mol. The van der Waals surface area contributed by atoms with Crippen molar-refractivity contribution >= 4 is 5.91 Å². The van der Waals surface area contributed by atoms with E-state index in [9.17, 15) is 20.1 Å². The fraction of sp³-hybridized carbons (Fsp3) is 0.861. The predicted molar refractivity (Wildman–Crippen MR) is 176 cm³/mol. The molecule has 0 rings (SSSR count). The molecule has 3 atom stereocenters. The van der Waals surface area contributed by atoms with Crippen LogP contribution in [-0.4, -0.2) is 46.1 Å². The molecular weight excluding hydrogens is 510 g/mol. The minimum absolute atomic E-state index is 0.374. The number of hydrogen-bond acceptors (Lipinski definition) is 4. The summed E-state index contributed by atoms with van der Waals surface area (Å²) in [5.74, 6) is -0.514. The van der Waals surface area contributed by atoms with E-state index in [2.05, 4.69) is 31.3 Å². The number of allylic oxidation sites excluding steroid dienone is 3. The summed E-state index contributed by atoms with van der Waals surface area (Å²) in [5.41, 5.74) is 0. The third kappa shape index (κ3) is 27.4. The Morgan fingerprint density at radius 1 is 0.585 bits per heavy atom. The highest BCUT2D eigenvalue weighted by Crippen LogP contribution is 2.14. The lowest BCUT2D eigenvalue weighted by Gasteiger charge is -2.21. The zero-order valence-corrected chi connectivity index (χ0v) is 27.2. The Morgan fingerprint density at radius 3 is 1.49 bits per heavy atom. The summed E-state index contributed by atoms with van der Waals surface area (Å²) in [4.78, 5) is 12.4. The van der Waals surface area contributed by atoms with Gasteiger partial charge in [0.2, 0.25) is 5.91 Å². The largest absolute Gasteiger partial charge is 0.394 e. The van der Waals surface area contributed by atoms with E-state index in [0.717, 1.165) is 38.5 Å². The van der Waals surface area contributed by atoms with Gasteiger partial charge in [-0.1, -0.05) is 167 Å². The molecule has 0 saturated carbocycles. The topological polar surface area (TPSA) is 89.8 Å². The van der Waals surface area contributed by atoms with Gasteiger partial charge in [0.25, 0.3) is 0 Å². The van der Waals surface area contributed by atoms with Gasteiger partial charge >= 0.3 is 0 Å². The van der Waals surface area contributed by atoms with Crippen LogP contribution in [0.25, 0.3) is 0 Å². The summed E-state index contributed by atoms with van der Waals surface area (Å²) < 4.78 is 0. The lowest BCUT2D eigenvalue weighted by atomic mass is 10.0. The van der Waals surface area contributed by atoms with E-state index in [1.807, 2.05) is 6.08 Å². The van der Waals surface area contributed by atoms with Crippen LogP contribution in [0, 0.1) is 0 Å². The molecule has 0 saturated heterocycles. The summed E-state index contributed by atoms with van der Waals surface area (Å²) >= 11 is 0. The van der Waals surface area contributed by atoms with E-state index in [1.165, 1.54) is 116 Å². The van der Waals surface area contributed by atoms with E-state index in [0.29, 0.717) is 6.42 Å². The zero-order chi connectivity index (χ0) is 30.2. The Morgan fingerprint density at radius 2 is 1.00 bits per heavy atom. The van der Waals surface area contributed by atoms with Crippen LogP contribution in [0.3, 0.4) is 0 Å². The average molecular weight is 580 g/mol. The third-order valence-electron chi connectivity index (χ3n) is 8.04. The first-order chi connectivity index (χ1) is 20.1. The molecule has 5 heteroatoms. The molecule has 0 fully saturated rings. The number of aliphatic hydroxyl groups is 3. The number of nitrogens with one attached hydrogen (secondary N) is 1. The van der Waals surface area contributed by atoms with Crippen LogP contribution >= 0.6 is 0 Å². The van der Waals surface area contributed by atoms with Crippen molar-refractivity contribution in [2.75, 3.05) is 6.61 Å². The molecule has 0 radical (unpaired) electrons. The van der Waals surface area contributed by atoms with Gasteiger partial charge in [-0.25, -0.2) is 0 Å². The third-order valence-corrected chi connectivity index (χ3v) is 8.04. The molecule has 4 N–H and O–H groups in total. The number of hydrogen-bond donors (Lipinski definition) is 4. The first-order valence-corrected chi connectivity index (χ1v) is 17.7. The van der Waals surface area contributed by atoms with Crippen molar-refractivity contribution in [3.63, 3.8) is 0 Å². The molecule has 242 valence electrons. The first kappa shape index (κ1) is 39.8. The Labute approximate surface area is 254 Å². The van der Waals surface area contributed by atoms with E-state index in [-0.39, 0.29) is 6.61 Å². The lowest BCUT2D eigenvalue weighted by Crippen LogP contribution is -2.48. The molecule has 41 heavy (non-hydrogen) atoms. The van der Waals surface area contributed by atoms with Crippen LogP contribution in [0.1, 0.15) is 174 Å². The van der Waals surface area contributed by atoms with Gasteiger partial charge in [-0.15, -0.1) is 0 Å². The van der Waals surface area contributed by atoms with Crippen molar-refractivity contribution in [3.05, 3.63) is 24.3 Å². The second-order valence-corrected chi connectivity index (χ2v) is 12.1. The molecule has 0 aromatic rings. The molecule has 1 amide bonds. The fourth-order valence-electron chi connectivity index (χ4n) is 5.20. The molecule has 0 aliphatic carbocycles. The Balaban J connectivity index is 3.80. The summed E-state index contributed by atoms with van der Waals surface area (Å²) in [6.07, 6.45) is 36.2. The van der Waals surface area contributed by atoms with E-state index in [1.54, 1.807) is 6.08 Å². The molecule has 0 aliphatic rings. The van der Waals surface area contributed by atoms with Crippen molar-refractivity contribution in [3.8, 4) is 0 Å². The van der Waals surface area contributed by atoms with Crippen LogP contribution < -0.4 is 5.32 Å². The molecule has 3 unspecified atom stereocenters. The van der Waals surface area contributed by atoms with Gasteiger partial charge in [0.05, 0.1) is 18.8 Å². The maximum Gasteiger partial charge on any atom is 0.249 e. The smallest absolute Gasteiger partial charge is 0.249 e. The van der Waals surface area contributed by atoms with Crippen LogP contribution in [-0.2, 0) is 4.79 Å². The summed E-state index contributed by atoms with van der Waals surface area (Å²) in [5, 5.41) is 32.8. The highest BCUT2D eigenvalue weighted by molar-refractivity contribution is 5.80. The molecule has 0 heterocycles. The highest BCUT2D eigenvalue weighted by Gasteiger charge is 2.22. The maximum absolute atomic E-state index is 12.4. The Bertz CT molecular complexity index is 606. The molecule has 5 nitrogen and oxygen atoms in total. The summed E-state index contributed by atoms with van der Waals surface area (Å²) in [6, 6.07) is -0.808. The summed E-state index contributed by atoms with van der Waals surface area (Å²) in [7, 11) is 0. The average Bonchev–Trinajstić information content (AvgIpc) is 2.98. The minimum Gasteiger partial charge on any atom is -0.394 e. The normalized spacial score (nSPS) is 14.2. The van der Waals surface area contributed by atoms with Crippen LogP contribution in [0.5, 0.6) is 0 Å². The molecule has 0 aliphatic heterocycles. The standard InChI is InChI=1S/C36H69NO4/c1-3-5-7-9-11-13-15-17-19-21-23-25-27-29-31-35(40)36(41)37-33(32-38)34(39)30-28-26-24-22-20-18-16-14-12-10-8-6-4-2/h20,22,28,30,33-35,38-40H,3-19,21,23-27,29,31-32H2,1-2H3,(H,37,41). The maximum atomic E-state index is 12.4. The number of aliphatic hydroxyl groups excluding tert-OH is 3. The van der Waals surface area contributed by atoms with Crippen molar-refractivity contribution in [1.29, 1.82) is 0 Å². The van der Waals surface area contributed by atoms with Crippen molar-refractivity contribution in [1.82, 2.24) is 5.32 Å². The lowest BCUT2D eigenvalue weighted by molar-refractivity contribution is -0.131. The van der Waals surface area contributed by atoms with Gasteiger partial charge in [-0.05, 0) is 32.1 Å². The van der Waals surface area contributed by atoms with Crippen LogP contribution in [0.15, 0.2) is 24.3 Å². The number of amides is 1. The molecule has 0 aromatic heterocycles. The second-order valence-electron chi connectivity index (χ2n) is 12.1. The van der Waals surface area contributed by atoms with Crippen LogP contribution in [0.2, 0.25) is 0 Å². The molecule has 0 aromatic carbocycles. The molecule has 0 spiro atoms. The van der Waals surface area contributed by atoms with Crippen molar-refractivity contribution in [2.45, 2.75) is 193 Å². The van der Waals surface area contributed by atoms with E-state index in [4.69, 9.17) is 0 Å². The predicted octanol–water partition coefficient (Wildman–Crippen LogP) is 9.09. The first-order valence-electron chi connectivity index (χ1n) is 17.7. The minimum atomic E-state index is -1.10. The summed E-state index contributed by atoms with van der Waals surface area (Å²) in [6.45, 7) is 4.14. The number of carbonyl (C=O) groups is 1. The Hall–Kier alpha value is -1.17.